The van der Waals surface area contributed by atoms with Crippen LogP contribution in [0.25, 0.3) is 44.3 Å². The van der Waals surface area contributed by atoms with E-state index >= 15 is 0 Å². The summed E-state index contributed by atoms with van der Waals surface area (Å²) in [6.07, 6.45) is 0.156. The standard InChI is InChI=1S/C31H23ClNO3/c1-2-36-30(34)16-20-7-6-10-24(15-20)27-18-25-17-26(28(32)19-29(25)33-31(27)35)23-13-11-22(12-14-23)21-8-4-3-5-9-21/h3-8,10-15,17-19H,2,16H2,1H3,(H,33,35). The molecular formula is C31H23ClNO3. The molecule has 0 fully saturated rings. The molecule has 0 unspecified atom stereocenters. The highest BCUT2D eigenvalue weighted by atomic mass is 35.5. The highest BCUT2D eigenvalue weighted by Gasteiger charge is 2.12. The lowest BCUT2D eigenvalue weighted by Crippen LogP contribution is -2.10. The summed E-state index contributed by atoms with van der Waals surface area (Å²) in [5, 5.41) is 1.42. The molecule has 1 heterocycles. The predicted octanol–water partition coefficient (Wildman–Crippen LogP) is 7.09. The van der Waals surface area contributed by atoms with Crippen LogP contribution in [0, 0.1) is 6.07 Å². The predicted molar refractivity (Wildman–Crippen MR) is 145 cm³/mol. The van der Waals surface area contributed by atoms with Crippen molar-refractivity contribution in [2.75, 3.05) is 6.61 Å². The second-order valence-corrected chi connectivity index (χ2v) is 8.87. The number of aromatic amines is 1. The van der Waals surface area contributed by atoms with Crippen LogP contribution in [0.1, 0.15) is 12.5 Å². The van der Waals surface area contributed by atoms with Gasteiger partial charge in [-0.05, 0) is 64.4 Å². The molecule has 0 spiro atoms. The molecule has 4 nitrogen and oxygen atoms in total. The van der Waals surface area contributed by atoms with Gasteiger partial charge in [0.2, 0.25) is 0 Å². The summed E-state index contributed by atoms with van der Waals surface area (Å²) in [7, 11) is 0. The van der Waals surface area contributed by atoms with E-state index in [2.05, 4.69) is 23.2 Å². The molecule has 0 saturated heterocycles. The van der Waals surface area contributed by atoms with Gasteiger partial charge in [0.25, 0.3) is 5.56 Å². The number of esters is 1. The van der Waals surface area contributed by atoms with E-state index < -0.39 is 0 Å². The van der Waals surface area contributed by atoms with Gasteiger partial charge in [0, 0.05) is 16.6 Å². The Labute approximate surface area is 214 Å². The molecule has 1 aromatic heterocycles. The van der Waals surface area contributed by atoms with Crippen LogP contribution < -0.4 is 5.56 Å². The van der Waals surface area contributed by atoms with Gasteiger partial charge in [0.15, 0.2) is 0 Å². The van der Waals surface area contributed by atoms with Crippen molar-refractivity contribution in [2.45, 2.75) is 13.3 Å². The molecule has 36 heavy (non-hydrogen) atoms. The van der Waals surface area contributed by atoms with Crippen LogP contribution in [0.3, 0.4) is 0 Å². The fraction of sp³-hybridized carbons (Fsp3) is 0.0968. The highest BCUT2D eigenvalue weighted by molar-refractivity contribution is 6.34. The molecule has 5 aromatic rings. The van der Waals surface area contributed by atoms with Crippen molar-refractivity contribution < 1.29 is 9.53 Å². The molecule has 5 heteroatoms. The molecular weight excluding hydrogens is 470 g/mol. The first kappa shape index (κ1) is 23.6. The Kier molecular flexibility index (Phi) is 6.70. The largest absolute Gasteiger partial charge is 0.466 e. The fourth-order valence-corrected chi connectivity index (χ4v) is 4.57. The Morgan fingerprint density at radius 1 is 0.889 bits per heavy atom. The van der Waals surface area contributed by atoms with Crippen LogP contribution in [0.5, 0.6) is 0 Å². The average molecular weight is 493 g/mol. The molecule has 1 radical (unpaired) electrons. The Morgan fingerprint density at radius 3 is 2.42 bits per heavy atom. The van der Waals surface area contributed by atoms with Crippen molar-refractivity contribution in [3.05, 3.63) is 118 Å². The number of carbonyl (C=O) groups excluding carboxylic acids is 1. The van der Waals surface area contributed by atoms with Crippen molar-refractivity contribution in [3.8, 4) is 33.4 Å². The minimum atomic E-state index is -0.294. The fourth-order valence-electron chi connectivity index (χ4n) is 4.29. The van der Waals surface area contributed by atoms with Crippen molar-refractivity contribution in [3.63, 3.8) is 0 Å². The van der Waals surface area contributed by atoms with E-state index in [1.807, 2.05) is 72.8 Å². The van der Waals surface area contributed by atoms with Gasteiger partial charge in [-0.3, -0.25) is 9.59 Å². The van der Waals surface area contributed by atoms with E-state index in [0.29, 0.717) is 22.7 Å². The second kappa shape index (κ2) is 10.2. The number of benzene rings is 4. The third-order valence-corrected chi connectivity index (χ3v) is 6.35. The molecule has 5 rings (SSSR count). The lowest BCUT2D eigenvalue weighted by atomic mass is 9.97. The van der Waals surface area contributed by atoms with E-state index in [1.165, 1.54) is 0 Å². The Morgan fingerprint density at radius 2 is 1.67 bits per heavy atom. The van der Waals surface area contributed by atoms with Crippen LogP contribution in [0.2, 0.25) is 5.02 Å². The maximum absolute atomic E-state index is 12.9. The highest BCUT2D eigenvalue weighted by Crippen LogP contribution is 2.33. The van der Waals surface area contributed by atoms with Gasteiger partial charge in [-0.2, -0.15) is 0 Å². The minimum absolute atomic E-state index is 0.156. The van der Waals surface area contributed by atoms with Crippen molar-refractivity contribution in [1.29, 1.82) is 0 Å². The van der Waals surface area contributed by atoms with E-state index in [1.54, 1.807) is 13.0 Å². The number of ether oxygens (including phenoxy) is 1. The van der Waals surface area contributed by atoms with Crippen molar-refractivity contribution in [1.82, 2.24) is 4.98 Å². The zero-order chi connectivity index (χ0) is 25.1. The summed E-state index contributed by atoms with van der Waals surface area (Å²) in [5.74, 6) is -0.294. The summed E-state index contributed by atoms with van der Waals surface area (Å²) in [6, 6.07) is 32.3. The molecule has 0 saturated carbocycles. The van der Waals surface area contributed by atoms with Crippen LogP contribution >= 0.6 is 11.6 Å². The molecule has 0 bridgehead atoms. The number of H-pyrrole nitrogens is 1. The molecule has 0 aliphatic carbocycles. The van der Waals surface area contributed by atoms with Crippen LogP contribution in [0.15, 0.2) is 95.8 Å². The SMILES string of the molecule is CCOC(=O)Cc1cccc(-c2cc3cc(-c4ccc(-c5[c]cccc5)cc4)c(Cl)cc3[nH]c2=O)c1. The summed E-state index contributed by atoms with van der Waals surface area (Å²) in [6.45, 7) is 2.11. The lowest BCUT2D eigenvalue weighted by Gasteiger charge is -2.10. The maximum Gasteiger partial charge on any atom is 0.310 e. The van der Waals surface area contributed by atoms with Crippen LogP contribution in [0.4, 0.5) is 0 Å². The van der Waals surface area contributed by atoms with Gasteiger partial charge >= 0.3 is 5.97 Å². The summed E-state index contributed by atoms with van der Waals surface area (Å²) < 4.78 is 5.05. The molecule has 0 aliphatic heterocycles. The number of carbonyl (C=O) groups is 1. The Bertz CT molecular complexity index is 1610. The third-order valence-electron chi connectivity index (χ3n) is 6.04. The minimum Gasteiger partial charge on any atom is -0.466 e. The number of hydrogen-bond donors (Lipinski definition) is 1. The number of pyridine rings is 1. The summed E-state index contributed by atoms with van der Waals surface area (Å²) in [4.78, 5) is 27.8. The lowest BCUT2D eigenvalue weighted by molar-refractivity contribution is -0.142. The van der Waals surface area contributed by atoms with E-state index in [0.717, 1.165) is 38.8 Å². The smallest absolute Gasteiger partial charge is 0.310 e. The first-order chi connectivity index (χ1) is 17.5. The van der Waals surface area contributed by atoms with Gasteiger partial charge in [0.1, 0.15) is 0 Å². The van der Waals surface area contributed by atoms with Gasteiger partial charge < -0.3 is 9.72 Å². The molecule has 4 aromatic carbocycles. The Balaban J connectivity index is 1.52. The number of nitrogens with one attached hydrogen (secondary N) is 1. The Hall–Kier alpha value is -4.15. The zero-order valence-electron chi connectivity index (χ0n) is 19.7. The summed E-state index contributed by atoms with van der Waals surface area (Å²) >= 11 is 6.63. The van der Waals surface area contributed by atoms with E-state index in [4.69, 9.17) is 16.3 Å². The monoisotopic (exact) mass is 492 g/mol. The molecule has 1 N–H and O–H groups in total. The zero-order valence-corrected chi connectivity index (χ0v) is 20.4. The molecule has 0 atom stereocenters. The normalized spacial score (nSPS) is 10.9. The topological polar surface area (TPSA) is 59.2 Å². The molecule has 0 amide bonds. The number of aromatic nitrogens is 1. The van der Waals surface area contributed by atoms with Gasteiger partial charge in [0.05, 0.1) is 18.1 Å². The van der Waals surface area contributed by atoms with Crippen molar-refractivity contribution in [2.24, 2.45) is 0 Å². The van der Waals surface area contributed by atoms with Crippen molar-refractivity contribution >= 4 is 28.5 Å². The quantitative estimate of drug-likeness (QED) is 0.257. The van der Waals surface area contributed by atoms with Gasteiger partial charge in [-0.1, -0.05) is 84.4 Å². The molecule has 177 valence electrons. The number of rotatable bonds is 6. The number of halogens is 1. The number of hydrogen-bond acceptors (Lipinski definition) is 3. The number of fused-ring (bicyclic) bond motifs is 1. The van der Waals surface area contributed by atoms with E-state index in [9.17, 15) is 9.59 Å². The summed E-state index contributed by atoms with van der Waals surface area (Å²) in [5.41, 5.74) is 6.45. The van der Waals surface area contributed by atoms with E-state index in [-0.39, 0.29) is 17.9 Å². The first-order valence-electron chi connectivity index (χ1n) is 11.7. The van der Waals surface area contributed by atoms with Crippen LogP contribution in [-0.4, -0.2) is 17.6 Å². The third kappa shape index (κ3) is 4.95. The molecule has 0 aliphatic rings. The average Bonchev–Trinajstić information content (AvgIpc) is 2.89. The van der Waals surface area contributed by atoms with Gasteiger partial charge in [-0.15, -0.1) is 0 Å². The van der Waals surface area contributed by atoms with Crippen LogP contribution in [-0.2, 0) is 16.0 Å². The van der Waals surface area contributed by atoms with Gasteiger partial charge in [-0.25, -0.2) is 0 Å². The maximum atomic E-state index is 12.9. The second-order valence-electron chi connectivity index (χ2n) is 8.47. The first-order valence-corrected chi connectivity index (χ1v) is 12.1.